The normalized spacial score (nSPS) is 21.8. The second-order valence-electron chi connectivity index (χ2n) is 6.91. The molecule has 4 heterocycles. The Morgan fingerprint density at radius 3 is 2.96 bits per heavy atom. The number of ether oxygens (including phenoxy) is 2. The van der Waals surface area contributed by atoms with Gasteiger partial charge in [0.1, 0.15) is 6.26 Å². The molecule has 0 saturated carbocycles. The van der Waals surface area contributed by atoms with Gasteiger partial charge in [0.05, 0.1) is 24.0 Å². The fourth-order valence-corrected chi connectivity index (χ4v) is 4.06. The highest BCUT2D eigenvalue weighted by atomic mass is 16.5. The van der Waals surface area contributed by atoms with E-state index in [0.29, 0.717) is 37.1 Å². The summed E-state index contributed by atoms with van der Waals surface area (Å²) in [5, 5.41) is 3.61. The molecular formula is C19H23N3O4. The molecule has 0 radical (unpaired) electrons. The Labute approximate surface area is 152 Å². The molecule has 4 rings (SSSR count). The summed E-state index contributed by atoms with van der Waals surface area (Å²) in [5.74, 6) is 1.10. The molecule has 0 N–H and O–H groups in total. The zero-order valence-corrected chi connectivity index (χ0v) is 14.7. The van der Waals surface area contributed by atoms with E-state index >= 15 is 0 Å². The van der Waals surface area contributed by atoms with Gasteiger partial charge >= 0.3 is 0 Å². The van der Waals surface area contributed by atoms with Gasteiger partial charge in [0.2, 0.25) is 5.88 Å². The highest BCUT2D eigenvalue weighted by molar-refractivity contribution is 5.93. The van der Waals surface area contributed by atoms with E-state index < -0.39 is 0 Å². The van der Waals surface area contributed by atoms with Crippen molar-refractivity contribution < 1.29 is 18.8 Å². The van der Waals surface area contributed by atoms with Gasteiger partial charge in [0, 0.05) is 32.0 Å². The van der Waals surface area contributed by atoms with E-state index in [1.54, 1.807) is 6.20 Å². The first-order valence-corrected chi connectivity index (χ1v) is 9.13. The maximum atomic E-state index is 12.4. The van der Waals surface area contributed by atoms with Gasteiger partial charge in [-0.15, -0.1) is 0 Å². The number of pyridine rings is 1. The largest absolute Gasteiger partial charge is 0.478 e. The standard InChI is InChI=1S/C19H23N3O4/c23-18(15-13-21-26-14-15)22-9-6-19(7-10-22)16(5-12-25-19)4-11-24-17-3-1-2-8-20-17/h1-3,8,13-14,16H,4-7,9-12H2. The molecule has 2 fully saturated rings. The van der Waals surface area contributed by atoms with Crippen LogP contribution in [0, 0.1) is 5.92 Å². The Morgan fingerprint density at radius 2 is 2.23 bits per heavy atom. The molecule has 1 atom stereocenters. The van der Waals surface area contributed by atoms with Crippen molar-refractivity contribution in [1.82, 2.24) is 15.0 Å². The van der Waals surface area contributed by atoms with Crippen molar-refractivity contribution in [1.29, 1.82) is 0 Å². The summed E-state index contributed by atoms with van der Waals surface area (Å²) in [4.78, 5) is 18.5. The minimum atomic E-state index is -0.126. The Kier molecular flexibility index (Phi) is 4.88. The third-order valence-electron chi connectivity index (χ3n) is 5.53. The average Bonchev–Trinajstić information content (AvgIpc) is 3.34. The predicted octanol–water partition coefficient (Wildman–Crippen LogP) is 2.55. The molecule has 0 aromatic carbocycles. The molecular weight excluding hydrogens is 334 g/mol. The quantitative estimate of drug-likeness (QED) is 0.818. The van der Waals surface area contributed by atoms with Crippen LogP contribution in [0.1, 0.15) is 36.0 Å². The maximum absolute atomic E-state index is 12.4. The van der Waals surface area contributed by atoms with E-state index in [1.807, 2.05) is 23.1 Å². The third-order valence-corrected chi connectivity index (χ3v) is 5.53. The Morgan fingerprint density at radius 1 is 1.35 bits per heavy atom. The second kappa shape index (κ2) is 7.45. The molecule has 2 aliphatic rings. The van der Waals surface area contributed by atoms with Crippen LogP contribution >= 0.6 is 0 Å². The topological polar surface area (TPSA) is 77.7 Å². The summed E-state index contributed by atoms with van der Waals surface area (Å²) in [6.45, 7) is 2.81. The summed E-state index contributed by atoms with van der Waals surface area (Å²) in [6.07, 6.45) is 8.31. The summed E-state index contributed by atoms with van der Waals surface area (Å²) >= 11 is 0. The minimum Gasteiger partial charge on any atom is -0.478 e. The van der Waals surface area contributed by atoms with Crippen LogP contribution in [0.2, 0.25) is 0 Å². The first-order chi connectivity index (χ1) is 12.8. The summed E-state index contributed by atoms with van der Waals surface area (Å²) in [5.41, 5.74) is 0.382. The minimum absolute atomic E-state index is 0.0193. The number of carbonyl (C=O) groups is 1. The van der Waals surface area contributed by atoms with E-state index in [0.717, 1.165) is 32.3 Å². The summed E-state index contributed by atoms with van der Waals surface area (Å²) in [6, 6.07) is 5.67. The Bertz CT molecular complexity index is 712. The van der Waals surface area contributed by atoms with Gasteiger partial charge in [-0.3, -0.25) is 4.79 Å². The number of hydrogen-bond donors (Lipinski definition) is 0. The number of rotatable bonds is 5. The van der Waals surface area contributed by atoms with Crippen LogP contribution in [0.15, 0.2) is 41.4 Å². The number of likely N-dealkylation sites (tertiary alicyclic amines) is 1. The number of piperidine rings is 1. The molecule has 1 spiro atoms. The molecule has 7 heteroatoms. The zero-order valence-electron chi connectivity index (χ0n) is 14.7. The van der Waals surface area contributed by atoms with Crippen molar-refractivity contribution in [2.24, 2.45) is 5.92 Å². The molecule has 2 aliphatic heterocycles. The van der Waals surface area contributed by atoms with Crippen LogP contribution in [0.3, 0.4) is 0 Å². The van der Waals surface area contributed by atoms with Crippen LogP contribution in [-0.2, 0) is 4.74 Å². The second-order valence-corrected chi connectivity index (χ2v) is 6.91. The predicted molar refractivity (Wildman–Crippen MR) is 92.8 cm³/mol. The van der Waals surface area contributed by atoms with Gasteiger partial charge in [0.15, 0.2) is 0 Å². The number of hydrogen-bond acceptors (Lipinski definition) is 6. The molecule has 0 aliphatic carbocycles. The van der Waals surface area contributed by atoms with Crippen molar-refractivity contribution in [3.8, 4) is 5.88 Å². The molecule has 2 saturated heterocycles. The fraction of sp³-hybridized carbons (Fsp3) is 0.526. The molecule has 2 aromatic rings. The molecule has 0 bridgehead atoms. The van der Waals surface area contributed by atoms with E-state index in [1.165, 1.54) is 12.5 Å². The number of aromatic nitrogens is 2. The van der Waals surface area contributed by atoms with Crippen LogP contribution in [0.4, 0.5) is 0 Å². The molecule has 2 aromatic heterocycles. The monoisotopic (exact) mass is 357 g/mol. The number of amides is 1. The van der Waals surface area contributed by atoms with Crippen LogP contribution in [0.5, 0.6) is 5.88 Å². The lowest BCUT2D eigenvalue weighted by Gasteiger charge is -2.42. The zero-order chi connectivity index (χ0) is 17.8. The average molecular weight is 357 g/mol. The molecule has 138 valence electrons. The molecule has 1 unspecified atom stereocenters. The van der Waals surface area contributed by atoms with Crippen molar-refractivity contribution in [2.75, 3.05) is 26.3 Å². The third kappa shape index (κ3) is 3.44. The van der Waals surface area contributed by atoms with Gasteiger partial charge in [-0.2, -0.15) is 0 Å². The highest BCUT2D eigenvalue weighted by Gasteiger charge is 2.46. The van der Waals surface area contributed by atoms with Crippen molar-refractivity contribution >= 4 is 5.91 Å². The van der Waals surface area contributed by atoms with Gasteiger partial charge in [0.25, 0.3) is 5.91 Å². The lowest BCUT2D eigenvalue weighted by Crippen LogP contribution is -2.49. The highest BCUT2D eigenvalue weighted by Crippen LogP contribution is 2.42. The van der Waals surface area contributed by atoms with E-state index in [4.69, 9.17) is 14.0 Å². The SMILES string of the molecule is O=C(c1cnoc1)N1CCC2(CC1)OCCC2CCOc1ccccn1. The van der Waals surface area contributed by atoms with Gasteiger partial charge in [-0.05, 0) is 37.7 Å². The van der Waals surface area contributed by atoms with Crippen molar-refractivity contribution in [3.63, 3.8) is 0 Å². The van der Waals surface area contributed by atoms with E-state index in [9.17, 15) is 4.79 Å². The molecule has 7 nitrogen and oxygen atoms in total. The van der Waals surface area contributed by atoms with E-state index in [-0.39, 0.29) is 11.5 Å². The maximum Gasteiger partial charge on any atom is 0.258 e. The summed E-state index contributed by atoms with van der Waals surface area (Å²) in [7, 11) is 0. The Balaban J connectivity index is 1.31. The smallest absolute Gasteiger partial charge is 0.258 e. The van der Waals surface area contributed by atoms with Crippen LogP contribution in [0.25, 0.3) is 0 Å². The van der Waals surface area contributed by atoms with Crippen molar-refractivity contribution in [2.45, 2.75) is 31.3 Å². The van der Waals surface area contributed by atoms with Crippen molar-refractivity contribution in [3.05, 3.63) is 42.4 Å². The van der Waals surface area contributed by atoms with Crippen LogP contribution in [-0.4, -0.2) is 52.9 Å². The van der Waals surface area contributed by atoms with Gasteiger partial charge in [-0.25, -0.2) is 4.98 Å². The number of carbonyl (C=O) groups excluding carboxylic acids is 1. The Hall–Kier alpha value is -2.41. The fourth-order valence-electron chi connectivity index (χ4n) is 4.06. The van der Waals surface area contributed by atoms with Gasteiger partial charge < -0.3 is 18.9 Å². The lowest BCUT2D eigenvalue weighted by atomic mass is 9.78. The number of nitrogens with zero attached hydrogens (tertiary/aromatic N) is 3. The van der Waals surface area contributed by atoms with Crippen LogP contribution < -0.4 is 4.74 Å². The molecule has 1 amide bonds. The van der Waals surface area contributed by atoms with E-state index in [2.05, 4.69) is 10.1 Å². The summed E-state index contributed by atoms with van der Waals surface area (Å²) < 4.78 is 16.7. The first kappa shape index (κ1) is 17.0. The first-order valence-electron chi connectivity index (χ1n) is 9.13. The van der Waals surface area contributed by atoms with Gasteiger partial charge in [-0.1, -0.05) is 11.2 Å². The molecule has 26 heavy (non-hydrogen) atoms. The lowest BCUT2D eigenvalue weighted by molar-refractivity contribution is -0.0649.